The molecule has 1 atom stereocenters. The van der Waals surface area contributed by atoms with E-state index in [-0.39, 0.29) is 24.7 Å². The molecule has 0 aromatic heterocycles. The first-order valence-corrected chi connectivity index (χ1v) is 5.38. The fourth-order valence-corrected chi connectivity index (χ4v) is 1.44. The lowest BCUT2D eigenvalue weighted by Crippen LogP contribution is -2.14. The molecule has 0 heterocycles. The Labute approximate surface area is 104 Å². The van der Waals surface area contributed by atoms with Crippen molar-refractivity contribution < 1.29 is 23.8 Å². The van der Waals surface area contributed by atoms with Gasteiger partial charge in [-0.2, -0.15) is 0 Å². The number of rotatable bonds is 6. The van der Waals surface area contributed by atoms with Crippen molar-refractivity contribution in [1.82, 2.24) is 0 Å². The topological polar surface area (TPSA) is 81.8 Å². The number of benzene rings is 1. The number of carboxylic acid groups (broad SMARTS) is 1. The molecule has 1 rings (SSSR count). The van der Waals surface area contributed by atoms with Crippen LogP contribution in [0.15, 0.2) is 12.1 Å². The van der Waals surface area contributed by atoms with E-state index in [9.17, 15) is 9.18 Å². The predicted molar refractivity (Wildman–Crippen MR) is 63.8 cm³/mol. The molecular weight excluding hydrogens is 241 g/mol. The van der Waals surface area contributed by atoms with Gasteiger partial charge >= 0.3 is 5.97 Å². The molecule has 3 N–H and O–H groups in total. The SMILES string of the molecule is COCOc1ccc(C[C@@H](C)C(=O)O)c(N)c1F. The van der Waals surface area contributed by atoms with E-state index in [4.69, 9.17) is 15.6 Å². The van der Waals surface area contributed by atoms with Crippen LogP contribution in [0.1, 0.15) is 12.5 Å². The van der Waals surface area contributed by atoms with Gasteiger partial charge < -0.3 is 20.3 Å². The molecule has 0 unspecified atom stereocenters. The van der Waals surface area contributed by atoms with Crippen LogP contribution in [-0.2, 0) is 16.0 Å². The summed E-state index contributed by atoms with van der Waals surface area (Å²) < 4.78 is 23.4. The maximum Gasteiger partial charge on any atom is 0.306 e. The molecule has 0 radical (unpaired) electrons. The van der Waals surface area contributed by atoms with Crippen LogP contribution >= 0.6 is 0 Å². The van der Waals surface area contributed by atoms with Gasteiger partial charge in [0, 0.05) is 7.11 Å². The largest absolute Gasteiger partial charge is 0.481 e. The lowest BCUT2D eigenvalue weighted by atomic mass is 9.99. The van der Waals surface area contributed by atoms with Crippen molar-refractivity contribution in [2.24, 2.45) is 5.92 Å². The van der Waals surface area contributed by atoms with E-state index in [1.54, 1.807) is 6.07 Å². The van der Waals surface area contributed by atoms with Crippen LogP contribution in [0.25, 0.3) is 0 Å². The normalized spacial score (nSPS) is 12.2. The van der Waals surface area contributed by atoms with Gasteiger partial charge in [0.15, 0.2) is 18.4 Å². The van der Waals surface area contributed by atoms with Gasteiger partial charge in [-0.3, -0.25) is 4.79 Å². The molecule has 0 aliphatic carbocycles. The number of ether oxygens (including phenoxy) is 2. The van der Waals surface area contributed by atoms with Gasteiger partial charge in [-0.1, -0.05) is 13.0 Å². The smallest absolute Gasteiger partial charge is 0.306 e. The van der Waals surface area contributed by atoms with Crippen LogP contribution < -0.4 is 10.5 Å². The van der Waals surface area contributed by atoms with Crippen LogP contribution in [0.5, 0.6) is 5.75 Å². The van der Waals surface area contributed by atoms with E-state index < -0.39 is 17.7 Å². The summed E-state index contributed by atoms with van der Waals surface area (Å²) in [6, 6.07) is 2.97. The fraction of sp³-hybridized carbons (Fsp3) is 0.417. The van der Waals surface area contributed by atoms with Gasteiger partial charge in [-0.05, 0) is 18.1 Å². The summed E-state index contributed by atoms with van der Waals surface area (Å²) in [6.07, 6.45) is 0.169. The van der Waals surface area contributed by atoms with Gasteiger partial charge in [0.1, 0.15) is 0 Å². The minimum atomic E-state index is -0.950. The highest BCUT2D eigenvalue weighted by atomic mass is 19.1. The molecule has 0 spiro atoms. The van der Waals surface area contributed by atoms with E-state index in [1.807, 2.05) is 0 Å². The lowest BCUT2D eigenvalue weighted by Gasteiger charge is -2.12. The highest BCUT2D eigenvalue weighted by Crippen LogP contribution is 2.27. The van der Waals surface area contributed by atoms with Crippen molar-refractivity contribution in [1.29, 1.82) is 0 Å². The Bertz CT molecular complexity index is 436. The summed E-state index contributed by atoms with van der Waals surface area (Å²) in [5.41, 5.74) is 5.98. The maximum atomic E-state index is 13.8. The second-order valence-electron chi connectivity index (χ2n) is 3.94. The zero-order valence-corrected chi connectivity index (χ0v) is 10.3. The molecule has 18 heavy (non-hydrogen) atoms. The van der Waals surface area contributed by atoms with Crippen LogP contribution in [0.3, 0.4) is 0 Å². The molecule has 0 amide bonds. The highest BCUT2D eigenvalue weighted by Gasteiger charge is 2.17. The van der Waals surface area contributed by atoms with Crippen molar-refractivity contribution in [2.75, 3.05) is 19.6 Å². The van der Waals surface area contributed by atoms with Gasteiger partial charge in [-0.25, -0.2) is 4.39 Å². The van der Waals surface area contributed by atoms with Crippen molar-refractivity contribution in [2.45, 2.75) is 13.3 Å². The zero-order chi connectivity index (χ0) is 13.7. The third-order valence-corrected chi connectivity index (χ3v) is 2.51. The van der Waals surface area contributed by atoms with E-state index in [0.29, 0.717) is 5.56 Å². The number of methoxy groups -OCH3 is 1. The summed E-state index contributed by atoms with van der Waals surface area (Å²) >= 11 is 0. The Hall–Kier alpha value is -1.82. The Kier molecular flexibility index (Phi) is 4.91. The van der Waals surface area contributed by atoms with Crippen molar-refractivity contribution >= 4 is 11.7 Å². The monoisotopic (exact) mass is 257 g/mol. The molecule has 6 heteroatoms. The summed E-state index contributed by atoms with van der Waals surface area (Å²) in [5.74, 6) is -2.28. The van der Waals surface area contributed by atoms with E-state index in [1.165, 1.54) is 20.1 Å². The van der Waals surface area contributed by atoms with E-state index >= 15 is 0 Å². The lowest BCUT2D eigenvalue weighted by molar-refractivity contribution is -0.141. The third kappa shape index (κ3) is 3.33. The van der Waals surface area contributed by atoms with Crippen LogP contribution in [0, 0.1) is 11.7 Å². The number of carbonyl (C=O) groups is 1. The minimum absolute atomic E-state index is 0.0129. The summed E-state index contributed by atoms with van der Waals surface area (Å²) in [7, 11) is 1.42. The van der Waals surface area contributed by atoms with Crippen LogP contribution in [0.2, 0.25) is 0 Å². The van der Waals surface area contributed by atoms with Crippen LogP contribution in [-0.4, -0.2) is 25.0 Å². The van der Waals surface area contributed by atoms with Crippen LogP contribution in [0.4, 0.5) is 10.1 Å². The average molecular weight is 257 g/mol. The quantitative estimate of drug-likeness (QED) is 0.598. The number of halogens is 1. The first-order valence-electron chi connectivity index (χ1n) is 5.38. The molecule has 100 valence electrons. The highest BCUT2D eigenvalue weighted by molar-refractivity contribution is 5.70. The third-order valence-electron chi connectivity index (χ3n) is 2.51. The molecule has 0 aliphatic heterocycles. The van der Waals surface area contributed by atoms with E-state index in [0.717, 1.165) is 0 Å². The standard InChI is InChI=1S/C12H16FNO4/c1-7(12(15)16)5-8-3-4-9(18-6-17-2)10(13)11(8)14/h3-4,7H,5-6,14H2,1-2H3,(H,15,16)/t7-/m1/s1. The Morgan fingerprint density at radius 3 is 2.78 bits per heavy atom. The fourth-order valence-electron chi connectivity index (χ4n) is 1.44. The molecule has 0 bridgehead atoms. The summed E-state index contributed by atoms with van der Waals surface area (Å²) in [6.45, 7) is 1.45. The minimum Gasteiger partial charge on any atom is -0.481 e. The van der Waals surface area contributed by atoms with Crippen molar-refractivity contribution in [3.05, 3.63) is 23.5 Å². The van der Waals surface area contributed by atoms with Crippen molar-refractivity contribution in [3.8, 4) is 5.75 Å². The molecule has 0 aliphatic rings. The molecular formula is C12H16FNO4. The first-order chi connectivity index (χ1) is 8.47. The number of aliphatic carboxylic acids is 1. The second kappa shape index (κ2) is 6.20. The first kappa shape index (κ1) is 14.2. The number of hydrogen-bond acceptors (Lipinski definition) is 4. The van der Waals surface area contributed by atoms with Gasteiger partial charge in [0.05, 0.1) is 11.6 Å². The van der Waals surface area contributed by atoms with E-state index in [2.05, 4.69) is 4.74 Å². The molecule has 1 aromatic carbocycles. The molecule has 5 nitrogen and oxygen atoms in total. The number of carboxylic acids is 1. The molecule has 0 saturated carbocycles. The predicted octanol–water partition coefficient (Wildman–Crippen LogP) is 1.65. The Balaban J connectivity index is 2.90. The van der Waals surface area contributed by atoms with Crippen molar-refractivity contribution in [3.63, 3.8) is 0 Å². The Morgan fingerprint density at radius 1 is 1.56 bits per heavy atom. The number of nitrogen functional groups attached to an aromatic ring is 1. The zero-order valence-electron chi connectivity index (χ0n) is 10.3. The maximum absolute atomic E-state index is 13.8. The second-order valence-corrected chi connectivity index (χ2v) is 3.94. The summed E-state index contributed by atoms with van der Waals surface area (Å²) in [4.78, 5) is 10.7. The molecule has 1 aromatic rings. The average Bonchev–Trinajstić information content (AvgIpc) is 2.34. The Morgan fingerprint density at radius 2 is 2.22 bits per heavy atom. The van der Waals surface area contributed by atoms with Gasteiger partial charge in [-0.15, -0.1) is 0 Å². The number of anilines is 1. The number of nitrogens with two attached hydrogens (primary N) is 1. The molecule has 0 saturated heterocycles. The number of hydrogen-bond donors (Lipinski definition) is 2. The summed E-state index contributed by atoms with van der Waals surface area (Å²) in [5, 5.41) is 8.80. The van der Waals surface area contributed by atoms with Gasteiger partial charge in [0.25, 0.3) is 0 Å². The van der Waals surface area contributed by atoms with Gasteiger partial charge in [0.2, 0.25) is 0 Å². The molecule has 0 fully saturated rings.